The van der Waals surface area contributed by atoms with Crippen LogP contribution >= 0.6 is 11.3 Å². The normalized spacial score (nSPS) is 18.3. The lowest BCUT2D eigenvalue weighted by molar-refractivity contribution is 0.0709. The summed E-state index contributed by atoms with van der Waals surface area (Å²) in [6.45, 7) is 1.56. The zero-order valence-electron chi connectivity index (χ0n) is 12.7. The van der Waals surface area contributed by atoms with Gasteiger partial charge in [-0.3, -0.25) is 9.78 Å². The molecule has 4 rings (SSSR count). The molecule has 0 aliphatic carbocycles. The van der Waals surface area contributed by atoms with Crippen LogP contribution in [0.4, 0.5) is 0 Å². The molecule has 1 aliphatic heterocycles. The maximum absolute atomic E-state index is 13.0. The zero-order valence-corrected chi connectivity index (χ0v) is 13.5. The number of fused-ring (bicyclic) bond motifs is 1. The van der Waals surface area contributed by atoms with Crippen molar-refractivity contribution in [1.29, 1.82) is 0 Å². The van der Waals surface area contributed by atoms with Gasteiger partial charge in [0.2, 0.25) is 0 Å². The van der Waals surface area contributed by atoms with Crippen molar-refractivity contribution in [3.8, 4) is 0 Å². The Hall–Kier alpha value is -2.27. The van der Waals surface area contributed by atoms with Crippen LogP contribution in [0.15, 0.2) is 48.1 Å². The summed E-state index contributed by atoms with van der Waals surface area (Å²) in [4.78, 5) is 23.8. The summed E-state index contributed by atoms with van der Waals surface area (Å²) < 4.78 is 0. The standard InChI is InChI=1S/C18H17N3OS/c22-18(15-7-1-4-13-5-2-8-19-16(13)15)21-10-3-6-14(12-21)17-20-9-11-23-17/h1-2,4-5,7-9,11,14H,3,6,10,12H2. The molecule has 0 bridgehead atoms. The van der Waals surface area contributed by atoms with Gasteiger partial charge in [0.05, 0.1) is 16.1 Å². The number of hydrogen-bond acceptors (Lipinski definition) is 4. The minimum atomic E-state index is 0.0792. The average Bonchev–Trinajstić information content (AvgIpc) is 3.15. The molecule has 1 amide bonds. The molecule has 3 heterocycles. The quantitative estimate of drug-likeness (QED) is 0.722. The molecule has 5 heteroatoms. The van der Waals surface area contributed by atoms with Crippen molar-refractivity contribution in [3.63, 3.8) is 0 Å². The van der Waals surface area contributed by atoms with Crippen LogP contribution in [-0.2, 0) is 0 Å². The smallest absolute Gasteiger partial charge is 0.256 e. The summed E-state index contributed by atoms with van der Waals surface area (Å²) in [5.41, 5.74) is 1.49. The van der Waals surface area contributed by atoms with E-state index in [1.165, 1.54) is 0 Å². The van der Waals surface area contributed by atoms with Crippen molar-refractivity contribution < 1.29 is 4.79 Å². The highest BCUT2D eigenvalue weighted by atomic mass is 32.1. The number of carbonyl (C=O) groups excluding carboxylic acids is 1. The third-order valence-corrected chi connectivity index (χ3v) is 5.31. The van der Waals surface area contributed by atoms with E-state index in [4.69, 9.17) is 0 Å². The summed E-state index contributed by atoms with van der Waals surface area (Å²) in [5, 5.41) is 4.15. The van der Waals surface area contributed by atoms with Crippen LogP contribution in [0.2, 0.25) is 0 Å². The molecule has 1 saturated heterocycles. The van der Waals surface area contributed by atoms with Gasteiger partial charge in [-0.1, -0.05) is 18.2 Å². The van der Waals surface area contributed by atoms with Crippen molar-refractivity contribution in [3.05, 3.63) is 58.7 Å². The number of pyridine rings is 1. The second kappa shape index (κ2) is 6.08. The molecule has 4 nitrogen and oxygen atoms in total. The van der Waals surface area contributed by atoms with Crippen LogP contribution in [0, 0.1) is 0 Å². The number of aromatic nitrogens is 2. The maximum atomic E-state index is 13.0. The van der Waals surface area contributed by atoms with E-state index in [2.05, 4.69) is 9.97 Å². The van der Waals surface area contributed by atoms with Gasteiger partial charge in [-0.15, -0.1) is 11.3 Å². The van der Waals surface area contributed by atoms with Crippen molar-refractivity contribution in [2.24, 2.45) is 0 Å². The molecular weight excluding hydrogens is 306 g/mol. The first-order valence-corrected chi connectivity index (χ1v) is 8.73. The van der Waals surface area contributed by atoms with Crippen LogP contribution in [0.5, 0.6) is 0 Å². The van der Waals surface area contributed by atoms with Crippen LogP contribution in [0.3, 0.4) is 0 Å². The SMILES string of the molecule is O=C(c1cccc2cccnc12)N1CCCC(c2nccs2)C1. The highest BCUT2D eigenvalue weighted by Gasteiger charge is 2.27. The molecule has 0 spiro atoms. The monoisotopic (exact) mass is 323 g/mol. The number of benzene rings is 1. The Morgan fingerprint density at radius 1 is 1.17 bits per heavy atom. The predicted octanol–water partition coefficient (Wildman–Crippen LogP) is 3.71. The molecule has 116 valence electrons. The molecule has 23 heavy (non-hydrogen) atoms. The summed E-state index contributed by atoms with van der Waals surface area (Å²) in [5.74, 6) is 0.436. The van der Waals surface area contributed by atoms with Crippen LogP contribution in [-0.4, -0.2) is 33.9 Å². The summed E-state index contributed by atoms with van der Waals surface area (Å²) in [7, 11) is 0. The number of amides is 1. The van der Waals surface area contributed by atoms with Crippen molar-refractivity contribution in [2.75, 3.05) is 13.1 Å². The molecule has 1 aromatic carbocycles. The Morgan fingerprint density at radius 3 is 2.96 bits per heavy atom. The molecule has 1 atom stereocenters. The average molecular weight is 323 g/mol. The van der Waals surface area contributed by atoms with Crippen molar-refractivity contribution in [2.45, 2.75) is 18.8 Å². The van der Waals surface area contributed by atoms with Gasteiger partial charge in [0, 0.05) is 42.2 Å². The molecule has 0 N–H and O–H groups in total. The van der Waals surface area contributed by atoms with Crippen LogP contribution in [0.25, 0.3) is 10.9 Å². The lowest BCUT2D eigenvalue weighted by Crippen LogP contribution is -2.39. The molecule has 3 aromatic rings. The number of likely N-dealkylation sites (tertiary alicyclic amines) is 1. The van der Waals surface area contributed by atoms with Crippen LogP contribution < -0.4 is 0 Å². The van der Waals surface area contributed by atoms with Crippen molar-refractivity contribution in [1.82, 2.24) is 14.9 Å². The largest absolute Gasteiger partial charge is 0.338 e. The third-order valence-electron chi connectivity index (χ3n) is 4.37. The lowest BCUT2D eigenvalue weighted by atomic mass is 9.97. The molecule has 1 unspecified atom stereocenters. The molecule has 0 saturated carbocycles. The highest BCUT2D eigenvalue weighted by Crippen LogP contribution is 2.29. The Balaban J connectivity index is 1.63. The number of carbonyl (C=O) groups is 1. The van der Waals surface area contributed by atoms with E-state index in [0.717, 1.165) is 41.8 Å². The molecular formula is C18H17N3OS. The van der Waals surface area contributed by atoms with Gasteiger partial charge in [-0.05, 0) is 25.0 Å². The molecule has 0 radical (unpaired) electrons. The number of thiazole rings is 1. The summed E-state index contributed by atoms with van der Waals surface area (Å²) in [6, 6.07) is 9.70. The Bertz CT molecular complexity index is 826. The fourth-order valence-electron chi connectivity index (χ4n) is 3.25. The first kappa shape index (κ1) is 14.3. The van der Waals surface area contributed by atoms with E-state index >= 15 is 0 Å². The fourth-order valence-corrected chi connectivity index (χ4v) is 4.01. The van der Waals surface area contributed by atoms with Gasteiger partial charge in [-0.2, -0.15) is 0 Å². The number of rotatable bonds is 2. The molecule has 2 aromatic heterocycles. The molecule has 1 aliphatic rings. The van der Waals surface area contributed by atoms with Crippen molar-refractivity contribution >= 4 is 28.1 Å². The Labute approximate surface area is 138 Å². The van der Waals surface area contributed by atoms with E-state index in [1.807, 2.05) is 46.8 Å². The first-order valence-electron chi connectivity index (χ1n) is 7.85. The number of para-hydroxylation sites is 1. The summed E-state index contributed by atoms with van der Waals surface area (Å²) >= 11 is 1.68. The van der Waals surface area contributed by atoms with Crippen LogP contribution in [0.1, 0.15) is 34.1 Å². The second-order valence-electron chi connectivity index (χ2n) is 5.84. The minimum absolute atomic E-state index is 0.0792. The first-order chi connectivity index (χ1) is 11.3. The Morgan fingerprint density at radius 2 is 2.09 bits per heavy atom. The topological polar surface area (TPSA) is 46.1 Å². The van der Waals surface area contributed by atoms with Gasteiger partial charge in [0.25, 0.3) is 5.91 Å². The number of nitrogens with zero attached hydrogens (tertiary/aromatic N) is 3. The lowest BCUT2D eigenvalue weighted by Gasteiger charge is -2.32. The predicted molar refractivity (Wildman–Crippen MR) is 91.7 cm³/mol. The van der Waals surface area contributed by atoms with Gasteiger partial charge in [0.1, 0.15) is 0 Å². The number of hydrogen-bond donors (Lipinski definition) is 0. The minimum Gasteiger partial charge on any atom is -0.338 e. The second-order valence-corrected chi connectivity index (χ2v) is 6.77. The third kappa shape index (κ3) is 2.72. The van der Waals surface area contributed by atoms with Gasteiger partial charge < -0.3 is 4.90 Å². The van der Waals surface area contributed by atoms with Gasteiger partial charge in [0.15, 0.2) is 0 Å². The van der Waals surface area contributed by atoms with E-state index < -0.39 is 0 Å². The fraction of sp³-hybridized carbons (Fsp3) is 0.278. The van der Waals surface area contributed by atoms with E-state index in [1.54, 1.807) is 17.5 Å². The van der Waals surface area contributed by atoms with E-state index in [-0.39, 0.29) is 5.91 Å². The maximum Gasteiger partial charge on any atom is 0.256 e. The summed E-state index contributed by atoms with van der Waals surface area (Å²) in [6.07, 6.45) is 5.71. The van der Waals surface area contributed by atoms with E-state index in [9.17, 15) is 4.79 Å². The number of piperidine rings is 1. The molecule has 1 fully saturated rings. The zero-order chi connectivity index (χ0) is 15.6. The van der Waals surface area contributed by atoms with E-state index in [0.29, 0.717) is 11.5 Å². The van der Waals surface area contributed by atoms with Gasteiger partial charge in [-0.25, -0.2) is 4.98 Å². The Kier molecular flexibility index (Phi) is 3.79. The highest BCUT2D eigenvalue weighted by molar-refractivity contribution is 7.09. The van der Waals surface area contributed by atoms with Gasteiger partial charge >= 0.3 is 0 Å².